The molecule has 0 bridgehead atoms. The van der Waals surface area contributed by atoms with Gasteiger partial charge in [0.25, 0.3) is 0 Å². The monoisotopic (exact) mass is 376 g/mol. The minimum atomic E-state index is -3.39. The first-order valence-corrected chi connectivity index (χ1v) is 9.76. The Balaban J connectivity index is 2.11. The smallest absolute Gasteiger partial charge is 0.177 e. The summed E-state index contributed by atoms with van der Waals surface area (Å²) in [6, 6.07) is 11.0. The van der Waals surface area contributed by atoms with Crippen LogP contribution in [0.2, 0.25) is 5.02 Å². The van der Waals surface area contributed by atoms with Crippen molar-refractivity contribution >= 4 is 21.4 Å². The molecule has 0 atom stereocenters. The Bertz CT molecular complexity index is 1000. The predicted molar refractivity (Wildman–Crippen MR) is 98.4 cm³/mol. The van der Waals surface area contributed by atoms with Gasteiger partial charge in [-0.15, -0.1) is 0 Å². The molecular formula is C18H17ClN2O3S. The Labute approximate surface area is 151 Å². The number of sulfone groups is 1. The second-order valence-electron chi connectivity index (χ2n) is 5.70. The van der Waals surface area contributed by atoms with E-state index in [-0.39, 0.29) is 9.92 Å². The Morgan fingerprint density at radius 3 is 2.40 bits per heavy atom. The molecule has 130 valence electrons. The molecule has 1 aromatic heterocycles. The molecule has 7 heteroatoms. The number of rotatable bonds is 4. The molecule has 0 unspecified atom stereocenters. The van der Waals surface area contributed by atoms with E-state index in [9.17, 15) is 8.42 Å². The van der Waals surface area contributed by atoms with Crippen LogP contribution in [0.5, 0.6) is 5.75 Å². The Hall–Kier alpha value is -2.31. The first kappa shape index (κ1) is 17.5. The van der Waals surface area contributed by atoms with Crippen LogP contribution >= 0.6 is 11.6 Å². The van der Waals surface area contributed by atoms with Gasteiger partial charge in [-0.3, -0.25) is 4.57 Å². The van der Waals surface area contributed by atoms with Crippen LogP contribution < -0.4 is 4.74 Å². The molecule has 0 saturated heterocycles. The van der Waals surface area contributed by atoms with Gasteiger partial charge < -0.3 is 4.74 Å². The van der Waals surface area contributed by atoms with Crippen molar-refractivity contribution in [2.75, 3.05) is 13.4 Å². The number of hydrogen-bond acceptors (Lipinski definition) is 4. The summed E-state index contributed by atoms with van der Waals surface area (Å²) >= 11 is 6.24. The van der Waals surface area contributed by atoms with Crippen LogP contribution in [0, 0.1) is 6.92 Å². The van der Waals surface area contributed by atoms with Gasteiger partial charge in [0.2, 0.25) is 0 Å². The normalized spacial score (nSPS) is 11.5. The van der Waals surface area contributed by atoms with E-state index >= 15 is 0 Å². The molecule has 0 radical (unpaired) electrons. The minimum absolute atomic E-state index is 0.157. The molecule has 3 rings (SSSR count). The maximum absolute atomic E-state index is 11.9. The van der Waals surface area contributed by atoms with Gasteiger partial charge in [-0.1, -0.05) is 11.6 Å². The summed E-state index contributed by atoms with van der Waals surface area (Å²) in [6.45, 7) is 1.73. The van der Waals surface area contributed by atoms with Crippen molar-refractivity contribution in [3.63, 3.8) is 0 Å². The molecule has 3 aromatic rings. The third-order valence-corrected chi connectivity index (χ3v) is 5.55. The molecule has 5 nitrogen and oxygen atoms in total. The molecule has 0 N–H and O–H groups in total. The highest BCUT2D eigenvalue weighted by molar-refractivity contribution is 7.90. The Morgan fingerprint density at radius 2 is 1.84 bits per heavy atom. The molecule has 0 aliphatic rings. The first-order chi connectivity index (χ1) is 11.8. The van der Waals surface area contributed by atoms with Crippen molar-refractivity contribution in [1.82, 2.24) is 9.55 Å². The third kappa shape index (κ3) is 3.41. The van der Waals surface area contributed by atoms with E-state index in [4.69, 9.17) is 16.3 Å². The van der Waals surface area contributed by atoms with Gasteiger partial charge in [-0.05, 0) is 48.9 Å². The predicted octanol–water partition coefficient (Wildman–Crippen LogP) is 3.91. The number of aromatic nitrogens is 2. The Kier molecular flexibility index (Phi) is 4.58. The number of nitrogens with zero attached hydrogens (tertiary/aromatic N) is 2. The maximum Gasteiger partial charge on any atom is 0.177 e. The SMILES string of the molecule is COc1ccc(-c2nccn2-c2cc(C)c(S(C)(=O)=O)c(Cl)c2)cc1. The number of aryl methyl sites for hydroxylation is 1. The lowest BCUT2D eigenvalue weighted by molar-refractivity contribution is 0.415. The van der Waals surface area contributed by atoms with Crippen LogP contribution in [0.1, 0.15) is 5.56 Å². The van der Waals surface area contributed by atoms with Gasteiger partial charge in [-0.2, -0.15) is 0 Å². The summed E-state index contributed by atoms with van der Waals surface area (Å²) < 4.78 is 30.9. The van der Waals surface area contributed by atoms with E-state index in [1.807, 2.05) is 35.0 Å². The topological polar surface area (TPSA) is 61.2 Å². The van der Waals surface area contributed by atoms with Crippen LogP contribution in [0.4, 0.5) is 0 Å². The number of benzene rings is 2. The van der Waals surface area contributed by atoms with E-state index in [2.05, 4.69) is 4.98 Å². The zero-order chi connectivity index (χ0) is 18.2. The molecule has 2 aromatic carbocycles. The molecule has 0 aliphatic carbocycles. The highest BCUT2D eigenvalue weighted by Gasteiger charge is 2.18. The van der Waals surface area contributed by atoms with E-state index < -0.39 is 9.84 Å². The highest BCUT2D eigenvalue weighted by Crippen LogP contribution is 2.30. The second-order valence-corrected chi connectivity index (χ2v) is 8.05. The lowest BCUT2D eigenvalue weighted by Crippen LogP contribution is -2.04. The minimum Gasteiger partial charge on any atom is -0.497 e. The second kappa shape index (κ2) is 6.54. The number of ether oxygens (including phenoxy) is 1. The molecular weight excluding hydrogens is 360 g/mol. The molecule has 0 spiro atoms. The maximum atomic E-state index is 11.9. The van der Waals surface area contributed by atoms with Crippen LogP contribution in [0.3, 0.4) is 0 Å². The van der Waals surface area contributed by atoms with Crippen LogP contribution in [-0.2, 0) is 9.84 Å². The number of hydrogen-bond donors (Lipinski definition) is 0. The fourth-order valence-corrected chi connectivity index (χ4v) is 4.53. The third-order valence-electron chi connectivity index (χ3n) is 3.85. The van der Waals surface area contributed by atoms with Gasteiger partial charge in [0.1, 0.15) is 11.6 Å². The Morgan fingerprint density at radius 1 is 1.16 bits per heavy atom. The summed E-state index contributed by atoms with van der Waals surface area (Å²) in [6.07, 6.45) is 4.65. The summed E-state index contributed by atoms with van der Waals surface area (Å²) in [4.78, 5) is 4.57. The van der Waals surface area contributed by atoms with Crippen LogP contribution in [0.25, 0.3) is 17.1 Å². The van der Waals surface area contributed by atoms with Gasteiger partial charge in [0, 0.05) is 29.9 Å². The molecule has 0 fully saturated rings. The lowest BCUT2D eigenvalue weighted by atomic mass is 10.2. The number of imidazole rings is 1. The van der Waals surface area contributed by atoms with E-state index in [1.165, 1.54) is 0 Å². The molecule has 25 heavy (non-hydrogen) atoms. The zero-order valence-electron chi connectivity index (χ0n) is 14.0. The molecule has 0 amide bonds. The van der Waals surface area contributed by atoms with Crippen molar-refractivity contribution in [3.8, 4) is 22.8 Å². The van der Waals surface area contributed by atoms with E-state index in [1.54, 1.807) is 32.4 Å². The average Bonchev–Trinajstić information content (AvgIpc) is 3.02. The summed E-state index contributed by atoms with van der Waals surface area (Å²) in [5.74, 6) is 1.49. The number of halogens is 1. The lowest BCUT2D eigenvalue weighted by Gasteiger charge is -2.13. The van der Waals surface area contributed by atoms with Gasteiger partial charge in [0.05, 0.1) is 17.0 Å². The van der Waals surface area contributed by atoms with Crippen molar-refractivity contribution in [2.45, 2.75) is 11.8 Å². The zero-order valence-corrected chi connectivity index (χ0v) is 15.6. The van der Waals surface area contributed by atoms with Gasteiger partial charge >= 0.3 is 0 Å². The summed E-state index contributed by atoms with van der Waals surface area (Å²) in [5.41, 5.74) is 2.25. The van der Waals surface area contributed by atoms with Crippen LogP contribution in [0.15, 0.2) is 53.7 Å². The first-order valence-electron chi connectivity index (χ1n) is 7.49. The fourth-order valence-electron chi connectivity index (χ4n) is 2.79. The van der Waals surface area contributed by atoms with Crippen LogP contribution in [-0.4, -0.2) is 31.3 Å². The molecule has 0 aliphatic heterocycles. The van der Waals surface area contributed by atoms with E-state index in [0.717, 1.165) is 29.1 Å². The van der Waals surface area contributed by atoms with E-state index in [0.29, 0.717) is 5.56 Å². The fraction of sp³-hybridized carbons (Fsp3) is 0.167. The van der Waals surface area contributed by atoms with Crippen molar-refractivity contribution in [2.24, 2.45) is 0 Å². The largest absolute Gasteiger partial charge is 0.497 e. The highest BCUT2D eigenvalue weighted by atomic mass is 35.5. The van der Waals surface area contributed by atoms with Crippen molar-refractivity contribution in [1.29, 1.82) is 0 Å². The number of methoxy groups -OCH3 is 1. The molecule has 1 heterocycles. The van der Waals surface area contributed by atoms with Crippen molar-refractivity contribution in [3.05, 3.63) is 59.4 Å². The van der Waals surface area contributed by atoms with Crippen molar-refractivity contribution < 1.29 is 13.2 Å². The standard InChI is InChI=1S/C18H17ClN2O3S/c1-12-10-14(11-16(19)17(12)25(3,22)23)21-9-8-20-18(21)13-4-6-15(24-2)7-5-13/h4-11H,1-3H3. The summed E-state index contributed by atoms with van der Waals surface area (Å²) in [7, 11) is -1.78. The van der Waals surface area contributed by atoms with Gasteiger partial charge in [-0.25, -0.2) is 13.4 Å². The summed E-state index contributed by atoms with van der Waals surface area (Å²) in [5, 5.41) is 0.201. The average molecular weight is 377 g/mol. The van der Waals surface area contributed by atoms with Gasteiger partial charge in [0.15, 0.2) is 9.84 Å². The quantitative estimate of drug-likeness (QED) is 0.692. The molecule has 0 saturated carbocycles.